The molecule has 3 heteroatoms. The van der Waals surface area contributed by atoms with Gasteiger partial charge < -0.3 is 10.4 Å². The molecule has 2 aliphatic rings. The van der Waals surface area contributed by atoms with Crippen LogP contribution in [0.1, 0.15) is 32.1 Å². The zero-order valence-corrected chi connectivity index (χ0v) is 7.12. The van der Waals surface area contributed by atoms with Crippen LogP contribution in [0.25, 0.3) is 0 Å². The van der Waals surface area contributed by atoms with Crippen molar-refractivity contribution in [2.24, 2.45) is 5.92 Å². The standard InChI is InChI=1S/C9H15NO2/c11-9(12)8-5-4-7(10-8)6-2-1-3-6/h6-8,10H,1-5H2,(H,11,12)/t7-,8+/m1/s1. The molecule has 0 bridgehead atoms. The highest BCUT2D eigenvalue weighted by Gasteiger charge is 2.35. The molecule has 2 rings (SSSR count). The van der Waals surface area contributed by atoms with Crippen molar-refractivity contribution in [1.29, 1.82) is 0 Å². The summed E-state index contributed by atoms with van der Waals surface area (Å²) in [5, 5.41) is 11.9. The van der Waals surface area contributed by atoms with E-state index in [1.165, 1.54) is 19.3 Å². The third-order valence-electron chi connectivity index (χ3n) is 3.20. The molecule has 12 heavy (non-hydrogen) atoms. The number of carbonyl (C=O) groups is 1. The number of nitrogens with one attached hydrogen (secondary N) is 1. The first-order chi connectivity index (χ1) is 5.77. The van der Waals surface area contributed by atoms with Crippen molar-refractivity contribution in [2.45, 2.75) is 44.2 Å². The molecule has 1 aliphatic carbocycles. The number of rotatable bonds is 2. The third kappa shape index (κ3) is 1.33. The highest BCUT2D eigenvalue weighted by atomic mass is 16.4. The summed E-state index contributed by atoms with van der Waals surface area (Å²) < 4.78 is 0. The van der Waals surface area contributed by atoms with E-state index in [-0.39, 0.29) is 6.04 Å². The fourth-order valence-electron chi connectivity index (χ4n) is 2.18. The first kappa shape index (κ1) is 8.05. The molecule has 68 valence electrons. The van der Waals surface area contributed by atoms with Crippen molar-refractivity contribution in [3.05, 3.63) is 0 Å². The van der Waals surface area contributed by atoms with Crippen LogP contribution in [0, 0.1) is 5.92 Å². The molecular formula is C9H15NO2. The van der Waals surface area contributed by atoms with Gasteiger partial charge in [0.25, 0.3) is 0 Å². The minimum absolute atomic E-state index is 0.268. The van der Waals surface area contributed by atoms with Crippen molar-refractivity contribution >= 4 is 5.97 Å². The Morgan fingerprint density at radius 1 is 1.25 bits per heavy atom. The Balaban J connectivity index is 1.84. The number of hydrogen-bond acceptors (Lipinski definition) is 2. The first-order valence-electron chi connectivity index (χ1n) is 4.76. The average Bonchev–Trinajstić information content (AvgIpc) is 2.32. The maximum absolute atomic E-state index is 10.6. The van der Waals surface area contributed by atoms with Crippen molar-refractivity contribution in [3.8, 4) is 0 Å². The second-order valence-electron chi connectivity index (χ2n) is 3.93. The van der Waals surface area contributed by atoms with Gasteiger partial charge in [-0.2, -0.15) is 0 Å². The second-order valence-corrected chi connectivity index (χ2v) is 3.93. The van der Waals surface area contributed by atoms with Crippen molar-refractivity contribution in [1.82, 2.24) is 5.32 Å². The minimum Gasteiger partial charge on any atom is -0.480 e. The van der Waals surface area contributed by atoms with E-state index >= 15 is 0 Å². The summed E-state index contributed by atoms with van der Waals surface area (Å²) >= 11 is 0. The summed E-state index contributed by atoms with van der Waals surface area (Å²) in [6.07, 6.45) is 5.80. The topological polar surface area (TPSA) is 49.3 Å². The highest BCUT2D eigenvalue weighted by Crippen LogP contribution is 2.34. The molecule has 0 spiro atoms. The van der Waals surface area contributed by atoms with Crippen LogP contribution in [0.5, 0.6) is 0 Å². The fourth-order valence-corrected chi connectivity index (χ4v) is 2.18. The molecule has 1 saturated carbocycles. The van der Waals surface area contributed by atoms with E-state index in [4.69, 9.17) is 5.11 Å². The molecule has 2 atom stereocenters. The Bertz CT molecular complexity index is 189. The second kappa shape index (κ2) is 3.05. The van der Waals surface area contributed by atoms with Crippen molar-refractivity contribution in [2.75, 3.05) is 0 Å². The summed E-state index contributed by atoms with van der Waals surface area (Å²) in [7, 11) is 0. The summed E-state index contributed by atoms with van der Waals surface area (Å²) in [6.45, 7) is 0. The van der Waals surface area contributed by atoms with Crippen LogP contribution in [0.4, 0.5) is 0 Å². The van der Waals surface area contributed by atoms with Gasteiger partial charge in [-0.05, 0) is 31.6 Å². The molecule has 0 aromatic carbocycles. The monoisotopic (exact) mass is 169 g/mol. The van der Waals surface area contributed by atoms with Crippen molar-refractivity contribution in [3.63, 3.8) is 0 Å². The highest BCUT2D eigenvalue weighted by molar-refractivity contribution is 5.73. The fraction of sp³-hybridized carbons (Fsp3) is 0.889. The molecule has 1 saturated heterocycles. The van der Waals surface area contributed by atoms with Crippen LogP contribution < -0.4 is 5.32 Å². The van der Waals surface area contributed by atoms with Gasteiger partial charge in [0.2, 0.25) is 0 Å². The van der Waals surface area contributed by atoms with Crippen LogP contribution in [0.15, 0.2) is 0 Å². The van der Waals surface area contributed by atoms with E-state index in [0.29, 0.717) is 6.04 Å². The van der Waals surface area contributed by atoms with Crippen LogP contribution in [-0.2, 0) is 4.79 Å². The number of hydrogen-bond donors (Lipinski definition) is 2. The predicted molar refractivity (Wildman–Crippen MR) is 44.9 cm³/mol. The maximum atomic E-state index is 10.6. The number of carboxylic acid groups (broad SMARTS) is 1. The van der Waals surface area contributed by atoms with E-state index in [1.807, 2.05) is 0 Å². The molecule has 3 nitrogen and oxygen atoms in total. The Morgan fingerprint density at radius 3 is 2.42 bits per heavy atom. The largest absolute Gasteiger partial charge is 0.480 e. The molecular weight excluding hydrogens is 154 g/mol. The Labute approximate surface area is 72.2 Å². The predicted octanol–water partition coefficient (Wildman–Crippen LogP) is 0.992. The number of carboxylic acids is 1. The van der Waals surface area contributed by atoms with Crippen LogP contribution in [0.3, 0.4) is 0 Å². The van der Waals surface area contributed by atoms with Crippen LogP contribution in [0.2, 0.25) is 0 Å². The summed E-state index contributed by atoms with van der Waals surface area (Å²) in [5.74, 6) is 0.0890. The van der Waals surface area contributed by atoms with Gasteiger partial charge in [0.1, 0.15) is 6.04 Å². The smallest absolute Gasteiger partial charge is 0.320 e. The molecule has 1 aliphatic heterocycles. The molecule has 2 fully saturated rings. The average molecular weight is 169 g/mol. The molecule has 0 unspecified atom stereocenters. The van der Waals surface area contributed by atoms with Gasteiger partial charge in [-0.25, -0.2) is 0 Å². The van der Waals surface area contributed by atoms with Crippen LogP contribution >= 0.6 is 0 Å². The van der Waals surface area contributed by atoms with E-state index in [9.17, 15) is 4.79 Å². The van der Waals surface area contributed by atoms with Crippen LogP contribution in [-0.4, -0.2) is 23.2 Å². The quantitative estimate of drug-likeness (QED) is 0.648. The SMILES string of the molecule is O=C(O)[C@@H]1CC[C@H](C2CCC2)N1. The van der Waals surface area contributed by atoms with Gasteiger partial charge in [0.15, 0.2) is 0 Å². The van der Waals surface area contributed by atoms with E-state index in [0.717, 1.165) is 18.8 Å². The Kier molecular flexibility index (Phi) is 2.05. The third-order valence-corrected chi connectivity index (χ3v) is 3.20. The lowest BCUT2D eigenvalue weighted by Crippen LogP contribution is -2.41. The van der Waals surface area contributed by atoms with Crippen molar-refractivity contribution < 1.29 is 9.90 Å². The van der Waals surface area contributed by atoms with Gasteiger partial charge in [0, 0.05) is 6.04 Å². The van der Waals surface area contributed by atoms with Gasteiger partial charge in [-0.15, -0.1) is 0 Å². The van der Waals surface area contributed by atoms with E-state index in [1.54, 1.807) is 0 Å². The normalized spacial score (nSPS) is 36.3. The molecule has 1 heterocycles. The summed E-state index contributed by atoms with van der Waals surface area (Å²) in [4.78, 5) is 10.6. The molecule has 0 aromatic rings. The maximum Gasteiger partial charge on any atom is 0.320 e. The lowest BCUT2D eigenvalue weighted by molar-refractivity contribution is -0.139. The minimum atomic E-state index is -0.683. The van der Waals surface area contributed by atoms with Gasteiger partial charge in [0.05, 0.1) is 0 Å². The lowest BCUT2D eigenvalue weighted by atomic mass is 9.79. The molecule has 0 aromatic heterocycles. The Morgan fingerprint density at radius 2 is 2.00 bits per heavy atom. The number of aliphatic carboxylic acids is 1. The van der Waals surface area contributed by atoms with E-state index < -0.39 is 5.97 Å². The lowest BCUT2D eigenvalue weighted by Gasteiger charge is -2.31. The van der Waals surface area contributed by atoms with E-state index in [2.05, 4.69) is 5.32 Å². The molecule has 2 N–H and O–H groups in total. The first-order valence-corrected chi connectivity index (χ1v) is 4.76. The molecule has 0 radical (unpaired) electrons. The molecule has 0 amide bonds. The van der Waals surface area contributed by atoms with Gasteiger partial charge in [-0.3, -0.25) is 4.79 Å². The van der Waals surface area contributed by atoms with Gasteiger partial charge in [-0.1, -0.05) is 6.42 Å². The zero-order chi connectivity index (χ0) is 8.55. The zero-order valence-electron chi connectivity index (χ0n) is 7.12. The van der Waals surface area contributed by atoms with Gasteiger partial charge >= 0.3 is 5.97 Å². The summed E-state index contributed by atoms with van der Waals surface area (Å²) in [6, 6.07) is 0.232. The Hall–Kier alpha value is -0.570. The summed E-state index contributed by atoms with van der Waals surface area (Å²) in [5.41, 5.74) is 0.